The van der Waals surface area contributed by atoms with Crippen LogP contribution in [-0.4, -0.2) is 17.6 Å². The second kappa shape index (κ2) is 13.2. The highest BCUT2D eigenvalue weighted by atomic mass is 35.5. The van der Waals surface area contributed by atoms with Gasteiger partial charge in [-0.05, 0) is 72.7 Å². The highest BCUT2D eigenvalue weighted by Crippen LogP contribution is 2.32. The molecule has 0 saturated heterocycles. The van der Waals surface area contributed by atoms with E-state index in [4.69, 9.17) is 37.7 Å². The number of fused-ring (bicyclic) bond motifs is 1. The number of hydrogen-bond donors (Lipinski definition) is 1. The fraction of sp³-hybridized carbons (Fsp3) is 0.114. The van der Waals surface area contributed by atoms with Gasteiger partial charge in [0, 0.05) is 21.3 Å². The maximum Gasteiger partial charge on any atom is 0.271 e. The lowest BCUT2D eigenvalue weighted by Crippen LogP contribution is -2.40. The van der Waals surface area contributed by atoms with Gasteiger partial charge >= 0.3 is 0 Å². The average Bonchev–Trinajstić information content (AvgIpc) is 3.34. The lowest BCUT2D eigenvalue weighted by molar-refractivity contribution is -0.113. The second-order valence-electron chi connectivity index (χ2n) is 10.3. The minimum atomic E-state index is -0.697. The highest BCUT2D eigenvalue weighted by molar-refractivity contribution is 7.07. The number of halogens is 2. The number of hydrogen-bond acceptors (Lipinski definition) is 6. The number of aromatic nitrogens is 1. The number of carbonyl (C=O) groups is 1. The van der Waals surface area contributed by atoms with Crippen molar-refractivity contribution in [3.05, 3.63) is 155 Å². The molecule has 2 heterocycles. The Balaban J connectivity index is 1.37. The van der Waals surface area contributed by atoms with E-state index < -0.39 is 6.04 Å². The van der Waals surface area contributed by atoms with Crippen molar-refractivity contribution in [3.8, 4) is 11.5 Å². The van der Waals surface area contributed by atoms with Crippen LogP contribution < -0.4 is 29.7 Å². The Labute approximate surface area is 273 Å². The quantitative estimate of drug-likeness (QED) is 0.200. The molecule has 226 valence electrons. The monoisotopic (exact) mass is 655 g/mol. The number of methoxy groups -OCH3 is 1. The lowest BCUT2D eigenvalue weighted by atomic mass is 9.95. The summed E-state index contributed by atoms with van der Waals surface area (Å²) in [6, 6.07) is 28.6. The number of rotatable bonds is 8. The molecule has 7 nitrogen and oxygen atoms in total. The van der Waals surface area contributed by atoms with Crippen molar-refractivity contribution in [1.29, 1.82) is 0 Å². The molecule has 45 heavy (non-hydrogen) atoms. The number of para-hydroxylation sites is 1. The Kier molecular flexibility index (Phi) is 8.89. The molecule has 6 rings (SSSR count). The van der Waals surface area contributed by atoms with E-state index in [2.05, 4.69) is 5.32 Å². The normalized spacial score (nSPS) is 14.5. The summed E-state index contributed by atoms with van der Waals surface area (Å²) in [5.74, 6) is 0.958. The number of benzene rings is 4. The number of amides is 1. The molecule has 1 amide bonds. The molecule has 0 spiro atoms. The first kappa shape index (κ1) is 30.4. The molecule has 1 aliphatic heterocycles. The first-order chi connectivity index (χ1) is 21.8. The molecule has 1 aromatic heterocycles. The van der Waals surface area contributed by atoms with E-state index in [1.165, 1.54) is 11.3 Å². The zero-order valence-corrected chi connectivity index (χ0v) is 26.6. The predicted molar refractivity (Wildman–Crippen MR) is 179 cm³/mol. The molecule has 4 aromatic carbocycles. The Morgan fingerprint density at radius 3 is 2.49 bits per heavy atom. The number of nitrogens with one attached hydrogen (secondary N) is 1. The van der Waals surface area contributed by atoms with Crippen LogP contribution in [0.4, 0.5) is 5.69 Å². The summed E-state index contributed by atoms with van der Waals surface area (Å²) < 4.78 is 13.4. The van der Waals surface area contributed by atoms with Crippen LogP contribution in [0.2, 0.25) is 10.0 Å². The van der Waals surface area contributed by atoms with E-state index in [1.54, 1.807) is 36.8 Å². The Hall–Kier alpha value is -4.63. The van der Waals surface area contributed by atoms with E-state index in [0.29, 0.717) is 47.8 Å². The van der Waals surface area contributed by atoms with E-state index in [-0.39, 0.29) is 18.1 Å². The summed E-state index contributed by atoms with van der Waals surface area (Å²) in [4.78, 5) is 33.0. The van der Waals surface area contributed by atoms with Crippen LogP contribution in [0.15, 0.2) is 118 Å². The van der Waals surface area contributed by atoms with Crippen molar-refractivity contribution >= 4 is 52.2 Å². The van der Waals surface area contributed by atoms with Gasteiger partial charge < -0.3 is 14.8 Å². The zero-order valence-electron chi connectivity index (χ0n) is 24.3. The van der Waals surface area contributed by atoms with Crippen LogP contribution in [0.25, 0.3) is 6.08 Å². The van der Waals surface area contributed by atoms with Gasteiger partial charge in [-0.2, -0.15) is 0 Å². The van der Waals surface area contributed by atoms with Gasteiger partial charge in [-0.15, -0.1) is 0 Å². The van der Waals surface area contributed by atoms with Crippen molar-refractivity contribution in [3.63, 3.8) is 0 Å². The van der Waals surface area contributed by atoms with Crippen molar-refractivity contribution < 1.29 is 14.3 Å². The van der Waals surface area contributed by atoms with Gasteiger partial charge in [-0.25, -0.2) is 4.99 Å². The number of anilines is 1. The van der Waals surface area contributed by atoms with Crippen LogP contribution in [0.3, 0.4) is 0 Å². The number of thiazole rings is 1. The molecule has 0 saturated carbocycles. The topological polar surface area (TPSA) is 81.9 Å². The first-order valence-corrected chi connectivity index (χ1v) is 15.6. The van der Waals surface area contributed by atoms with E-state index in [0.717, 1.165) is 16.7 Å². The molecule has 0 unspecified atom stereocenters. The van der Waals surface area contributed by atoms with Crippen molar-refractivity contribution in [1.82, 2.24) is 4.57 Å². The third-order valence-electron chi connectivity index (χ3n) is 7.29. The first-order valence-electron chi connectivity index (χ1n) is 14.0. The van der Waals surface area contributed by atoms with Gasteiger partial charge in [0.2, 0.25) is 0 Å². The van der Waals surface area contributed by atoms with Crippen LogP contribution in [0, 0.1) is 0 Å². The Bertz CT molecular complexity index is 2110. The van der Waals surface area contributed by atoms with Crippen molar-refractivity contribution in [2.45, 2.75) is 19.6 Å². The van der Waals surface area contributed by atoms with Gasteiger partial charge in [0.25, 0.3) is 11.5 Å². The van der Waals surface area contributed by atoms with Gasteiger partial charge in [0.05, 0.1) is 29.0 Å². The molecule has 0 aliphatic carbocycles. The minimum Gasteiger partial charge on any atom is -0.497 e. The van der Waals surface area contributed by atoms with E-state index in [1.807, 2.05) is 84.9 Å². The standard InChI is InChI=1S/C35H27Cl2N3O4S/c1-21-31(33(41)39-26-8-4-3-5-9-26)32(23-12-15-27(43-2)16-13-23)40-34(42)30(45-35(40)38-21)18-22-7-6-10-28(17-22)44-20-24-11-14-25(36)19-29(24)37/h3-19,32H,20H2,1-2H3,(H,39,41)/b30-18+/t32-/m1/s1. The largest absolute Gasteiger partial charge is 0.497 e. The molecular formula is C35H27Cl2N3O4S. The summed E-state index contributed by atoms with van der Waals surface area (Å²) in [6.45, 7) is 2.05. The lowest BCUT2D eigenvalue weighted by Gasteiger charge is -2.25. The van der Waals surface area contributed by atoms with Crippen LogP contribution in [0.1, 0.15) is 29.7 Å². The summed E-state index contributed by atoms with van der Waals surface area (Å²) in [5.41, 5.74) is 3.66. The van der Waals surface area contributed by atoms with E-state index >= 15 is 0 Å². The summed E-state index contributed by atoms with van der Waals surface area (Å²) >= 11 is 13.6. The molecule has 1 N–H and O–H groups in total. The number of allylic oxidation sites excluding steroid dienone is 1. The molecule has 0 bridgehead atoms. The van der Waals surface area contributed by atoms with Gasteiger partial charge in [-0.3, -0.25) is 14.2 Å². The molecule has 1 atom stereocenters. The molecule has 0 radical (unpaired) electrons. The molecule has 10 heteroatoms. The van der Waals surface area contributed by atoms with Gasteiger partial charge in [0.1, 0.15) is 18.1 Å². The predicted octanol–water partition coefficient (Wildman–Crippen LogP) is 6.77. The van der Waals surface area contributed by atoms with Gasteiger partial charge in [-0.1, -0.05) is 83.1 Å². The molecule has 1 aliphatic rings. The summed E-state index contributed by atoms with van der Waals surface area (Å²) in [7, 11) is 1.59. The minimum absolute atomic E-state index is 0.253. The summed E-state index contributed by atoms with van der Waals surface area (Å²) in [6.07, 6.45) is 1.81. The van der Waals surface area contributed by atoms with E-state index in [9.17, 15) is 9.59 Å². The summed E-state index contributed by atoms with van der Waals surface area (Å²) in [5, 5.41) is 4.05. The third kappa shape index (κ3) is 6.59. The average molecular weight is 657 g/mol. The Morgan fingerprint density at radius 1 is 0.978 bits per heavy atom. The number of nitrogens with zero attached hydrogens (tertiary/aromatic N) is 2. The van der Waals surface area contributed by atoms with Crippen molar-refractivity contribution in [2.75, 3.05) is 12.4 Å². The molecule has 0 fully saturated rings. The highest BCUT2D eigenvalue weighted by Gasteiger charge is 2.32. The molecule has 5 aromatic rings. The van der Waals surface area contributed by atoms with Gasteiger partial charge in [0.15, 0.2) is 4.80 Å². The van der Waals surface area contributed by atoms with Crippen LogP contribution in [0.5, 0.6) is 11.5 Å². The number of ether oxygens (including phenoxy) is 2. The maximum atomic E-state index is 14.1. The SMILES string of the molecule is COc1ccc([C@@H]2C(C(=O)Nc3ccccc3)=C(C)N=c3s/c(=C/c4cccc(OCc5ccc(Cl)cc5Cl)c4)c(=O)n32)cc1. The molecular weight excluding hydrogens is 629 g/mol. The van der Waals surface area contributed by atoms with Crippen molar-refractivity contribution in [2.24, 2.45) is 4.99 Å². The van der Waals surface area contributed by atoms with Crippen LogP contribution >= 0.6 is 34.5 Å². The fourth-order valence-corrected chi connectivity index (χ4v) is 6.59. The zero-order chi connectivity index (χ0) is 31.5. The number of carbonyl (C=O) groups excluding carboxylic acids is 1. The maximum absolute atomic E-state index is 14.1. The second-order valence-corrected chi connectivity index (χ2v) is 12.1. The van der Waals surface area contributed by atoms with Crippen LogP contribution in [-0.2, 0) is 11.4 Å². The fourth-order valence-electron chi connectivity index (χ4n) is 5.08. The third-order valence-corrected chi connectivity index (χ3v) is 8.86. The Morgan fingerprint density at radius 2 is 1.76 bits per heavy atom. The smallest absolute Gasteiger partial charge is 0.271 e.